The second kappa shape index (κ2) is 15.6. The summed E-state index contributed by atoms with van der Waals surface area (Å²) in [5.41, 5.74) is 0. The van der Waals surface area contributed by atoms with Crippen molar-refractivity contribution >= 4 is 0 Å². The van der Waals surface area contributed by atoms with Crippen molar-refractivity contribution in [3.05, 3.63) is 12.7 Å². The zero-order chi connectivity index (χ0) is 7.54. The van der Waals surface area contributed by atoms with Crippen molar-refractivity contribution in [2.45, 2.75) is 12.8 Å². The van der Waals surface area contributed by atoms with Crippen LogP contribution in [0.5, 0.6) is 0 Å². The smallest absolute Gasteiger partial charge is 0.0433 e. The van der Waals surface area contributed by atoms with Crippen LogP contribution in [-0.4, -0.2) is 25.9 Å². The second-order valence-corrected chi connectivity index (χ2v) is 1.56. The van der Waals surface area contributed by atoms with E-state index in [-0.39, 0.29) is 6.61 Å². The molecule has 56 valence electrons. The van der Waals surface area contributed by atoms with E-state index in [1.54, 1.807) is 20.3 Å². The lowest BCUT2D eigenvalue weighted by Gasteiger charge is -1.81. The first-order valence-corrected chi connectivity index (χ1v) is 2.95. The molecule has 0 spiro atoms. The highest BCUT2D eigenvalue weighted by Gasteiger charge is 1.72. The van der Waals surface area contributed by atoms with E-state index in [1.165, 1.54) is 0 Å². The largest absolute Gasteiger partial charge is 0.396 e. The minimum atomic E-state index is 0.284. The minimum absolute atomic E-state index is 0.284. The molecule has 0 aromatic rings. The number of allylic oxidation sites excluding steroid dienone is 1. The zero-order valence-electron chi connectivity index (χ0n) is 6.26. The summed E-state index contributed by atoms with van der Waals surface area (Å²) in [6, 6.07) is 0. The van der Waals surface area contributed by atoms with Gasteiger partial charge in [-0.25, -0.2) is 0 Å². The summed E-state index contributed by atoms with van der Waals surface area (Å²) in [4.78, 5) is 0. The predicted octanol–water partition coefficient (Wildman–Crippen LogP) is 1.21. The highest BCUT2D eigenvalue weighted by atomic mass is 16.4. The number of methoxy groups -OCH3 is 1. The van der Waals surface area contributed by atoms with Crippen LogP contribution >= 0.6 is 0 Å². The first kappa shape index (κ1) is 11.5. The molecule has 1 N–H and O–H groups in total. The maximum Gasteiger partial charge on any atom is 0.0433 e. The molecular weight excluding hydrogens is 116 g/mol. The lowest BCUT2D eigenvalue weighted by atomic mass is 10.3. The molecule has 0 bridgehead atoms. The van der Waals surface area contributed by atoms with Gasteiger partial charge in [0, 0.05) is 20.8 Å². The van der Waals surface area contributed by atoms with Crippen molar-refractivity contribution in [3.63, 3.8) is 0 Å². The molecule has 0 atom stereocenters. The van der Waals surface area contributed by atoms with E-state index < -0.39 is 0 Å². The average molecular weight is 132 g/mol. The van der Waals surface area contributed by atoms with Gasteiger partial charge in [0.2, 0.25) is 0 Å². The van der Waals surface area contributed by atoms with E-state index >= 15 is 0 Å². The number of hydrogen-bond acceptors (Lipinski definition) is 2. The normalized spacial score (nSPS) is 7.44. The van der Waals surface area contributed by atoms with Gasteiger partial charge in [0.05, 0.1) is 0 Å². The molecule has 0 radical (unpaired) electrons. The van der Waals surface area contributed by atoms with Crippen molar-refractivity contribution in [2.75, 3.05) is 20.8 Å². The van der Waals surface area contributed by atoms with Crippen LogP contribution in [-0.2, 0) is 4.74 Å². The van der Waals surface area contributed by atoms with Crippen molar-refractivity contribution < 1.29 is 9.84 Å². The Kier molecular flexibility index (Phi) is 19.9. The van der Waals surface area contributed by atoms with Crippen LogP contribution in [0.4, 0.5) is 0 Å². The molecule has 0 aromatic carbocycles. The summed E-state index contributed by atoms with van der Waals surface area (Å²) < 4.78 is 4.25. The molecule has 0 aliphatic carbocycles. The van der Waals surface area contributed by atoms with Crippen LogP contribution in [0, 0.1) is 0 Å². The van der Waals surface area contributed by atoms with Gasteiger partial charge in [-0.2, -0.15) is 0 Å². The van der Waals surface area contributed by atoms with E-state index in [4.69, 9.17) is 5.11 Å². The van der Waals surface area contributed by atoms with E-state index in [9.17, 15) is 0 Å². The Bertz CT molecular complexity index is 44.2. The van der Waals surface area contributed by atoms with E-state index in [0.29, 0.717) is 0 Å². The lowest BCUT2D eigenvalue weighted by Crippen LogP contribution is -1.76. The molecule has 0 aromatic heterocycles. The van der Waals surface area contributed by atoms with Gasteiger partial charge in [0.15, 0.2) is 0 Å². The third-order valence-electron chi connectivity index (χ3n) is 0.566. The Morgan fingerprint density at radius 3 is 2.11 bits per heavy atom. The van der Waals surface area contributed by atoms with Gasteiger partial charge in [0.1, 0.15) is 0 Å². The Balaban J connectivity index is 0. The molecule has 0 unspecified atom stereocenters. The van der Waals surface area contributed by atoms with Gasteiger partial charge in [-0.05, 0) is 12.8 Å². The van der Waals surface area contributed by atoms with Crippen LogP contribution in [0.1, 0.15) is 12.8 Å². The fraction of sp³-hybridized carbons (Fsp3) is 0.714. The van der Waals surface area contributed by atoms with Crippen LogP contribution in [0.2, 0.25) is 0 Å². The van der Waals surface area contributed by atoms with E-state index in [2.05, 4.69) is 11.3 Å². The Labute approximate surface area is 57.2 Å². The monoisotopic (exact) mass is 132 g/mol. The highest BCUT2D eigenvalue weighted by molar-refractivity contribution is 4.64. The van der Waals surface area contributed by atoms with Crippen LogP contribution in [0.3, 0.4) is 0 Å². The molecule has 2 nitrogen and oxygen atoms in total. The molecule has 0 amide bonds. The minimum Gasteiger partial charge on any atom is -0.396 e. The fourth-order valence-corrected chi connectivity index (χ4v) is 0.236. The van der Waals surface area contributed by atoms with Gasteiger partial charge in [0.25, 0.3) is 0 Å². The molecule has 0 saturated carbocycles. The number of rotatable bonds is 3. The molecule has 0 rings (SSSR count). The quantitative estimate of drug-likeness (QED) is 0.462. The van der Waals surface area contributed by atoms with Gasteiger partial charge in [-0.3, -0.25) is 0 Å². The number of hydrogen-bond donors (Lipinski definition) is 1. The van der Waals surface area contributed by atoms with Crippen molar-refractivity contribution in [1.29, 1.82) is 0 Å². The van der Waals surface area contributed by atoms with Crippen LogP contribution in [0.25, 0.3) is 0 Å². The molecule has 0 heterocycles. The summed E-state index contributed by atoms with van der Waals surface area (Å²) >= 11 is 0. The SMILES string of the molecule is C=CCCCO.COC. The topological polar surface area (TPSA) is 29.5 Å². The Morgan fingerprint density at radius 1 is 1.56 bits per heavy atom. The molecule has 2 heteroatoms. The summed E-state index contributed by atoms with van der Waals surface area (Å²) in [5, 5.41) is 8.15. The van der Waals surface area contributed by atoms with E-state index in [0.717, 1.165) is 12.8 Å². The summed E-state index contributed by atoms with van der Waals surface area (Å²) in [7, 11) is 3.25. The third kappa shape index (κ3) is 34.7. The Morgan fingerprint density at radius 2 is 2.00 bits per heavy atom. The third-order valence-corrected chi connectivity index (χ3v) is 0.566. The fourth-order valence-electron chi connectivity index (χ4n) is 0.236. The summed E-state index contributed by atoms with van der Waals surface area (Å²) in [5.74, 6) is 0. The van der Waals surface area contributed by atoms with E-state index in [1.807, 2.05) is 0 Å². The molecule has 0 aliphatic rings. The number of aliphatic hydroxyl groups is 1. The summed E-state index contributed by atoms with van der Waals surface area (Å²) in [6.45, 7) is 3.77. The van der Waals surface area contributed by atoms with Gasteiger partial charge >= 0.3 is 0 Å². The van der Waals surface area contributed by atoms with Crippen LogP contribution in [0.15, 0.2) is 12.7 Å². The van der Waals surface area contributed by atoms with Gasteiger partial charge in [-0.15, -0.1) is 6.58 Å². The van der Waals surface area contributed by atoms with Gasteiger partial charge in [-0.1, -0.05) is 6.08 Å². The maximum absolute atomic E-state index is 8.15. The zero-order valence-corrected chi connectivity index (χ0v) is 6.26. The first-order valence-electron chi connectivity index (χ1n) is 2.95. The van der Waals surface area contributed by atoms with Gasteiger partial charge < -0.3 is 9.84 Å². The average Bonchev–Trinajstić information content (AvgIpc) is 1.86. The molecular formula is C7H16O2. The van der Waals surface area contributed by atoms with Crippen molar-refractivity contribution in [1.82, 2.24) is 0 Å². The Hall–Kier alpha value is -0.340. The van der Waals surface area contributed by atoms with Crippen molar-refractivity contribution in [3.8, 4) is 0 Å². The summed E-state index contributed by atoms with van der Waals surface area (Å²) in [6.07, 6.45) is 3.58. The number of aliphatic hydroxyl groups excluding tert-OH is 1. The molecule has 0 aliphatic heterocycles. The molecule has 9 heavy (non-hydrogen) atoms. The first-order chi connectivity index (χ1) is 4.33. The maximum atomic E-state index is 8.15. The lowest BCUT2D eigenvalue weighted by molar-refractivity contribution is 0.277. The number of unbranched alkanes of at least 4 members (excludes halogenated alkanes) is 1. The predicted molar refractivity (Wildman–Crippen MR) is 39.4 cm³/mol. The second-order valence-electron chi connectivity index (χ2n) is 1.56. The van der Waals surface area contributed by atoms with Crippen LogP contribution < -0.4 is 0 Å². The molecule has 0 fully saturated rings. The highest BCUT2D eigenvalue weighted by Crippen LogP contribution is 1.83. The standard InChI is InChI=1S/C5H10O.C2H6O/c1-2-3-4-5-6;1-3-2/h2,6H,1,3-5H2;1-2H3. The molecule has 0 saturated heterocycles. The van der Waals surface area contributed by atoms with Crippen molar-refractivity contribution in [2.24, 2.45) is 0 Å². The number of ether oxygens (including phenoxy) is 1.